The third kappa shape index (κ3) is 3.15. The molecule has 3 rings (SSSR count). The van der Waals surface area contributed by atoms with Crippen molar-refractivity contribution in [3.05, 3.63) is 34.3 Å². The van der Waals surface area contributed by atoms with Crippen molar-refractivity contribution in [2.24, 2.45) is 5.92 Å². The van der Waals surface area contributed by atoms with Crippen molar-refractivity contribution in [1.82, 2.24) is 10.2 Å². The van der Waals surface area contributed by atoms with Crippen LogP contribution in [0.1, 0.15) is 31.4 Å². The SMILES string of the molecule is CC(c1ccccc1Br)N1CCC2NCCC2C1.Cl. The highest BCUT2D eigenvalue weighted by atomic mass is 79.9. The third-order valence-electron chi connectivity index (χ3n) is 4.59. The first-order valence-electron chi connectivity index (χ1n) is 6.97. The van der Waals surface area contributed by atoms with Crippen LogP contribution >= 0.6 is 28.3 Å². The fourth-order valence-electron chi connectivity index (χ4n) is 3.44. The standard InChI is InChI=1S/C15H21BrN2.ClH/c1-11(13-4-2-3-5-14(13)16)18-9-7-15-12(10-18)6-8-17-15;/h2-5,11-12,15,17H,6-10H2,1H3;1H. The molecule has 0 radical (unpaired) electrons. The zero-order chi connectivity index (χ0) is 12.5. The van der Waals surface area contributed by atoms with Gasteiger partial charge in [0, 0.05) is 29.6 Å². The average molecular weight is 346 g/mol. The summed E-state index contributed by atoms with van der Waals surface area (Å²) in [4.78, 5) is 2.65. The second kappa shape index (κ2) is 6.57. The molecule has 2 heterocycles. The molecule has 3 unspecified atom stereocenters. The molecular weight excluding hydrogens is 324 g/mol. The first-order valence-corrected chi connectivity index (χ1v) is 7.77. The van der Waals surface area contributed by atoms with Gasteiger partial charge in [0.2, 0.25) is 0 Å². The number of hydrogen-bond donors (Lipinski definition) is 1. The summed E-state index contributed by atoms with van der Waals surface area (Å²) in [6.07, 6.45) is 2.66. The highest BCUT2D eigenvalue weighted by Gasteiger charge is 2.34. The van der Waals surface area contributed by atoms with Crippen LogP contribution in [0.2, 0.25) is 0 Å². The minimum absolute atomic E-state index is 0. The summed E-state index contributed by atoms with van der Waals surface area (Å²) in [7, 11) is 0. The maximum Gasteiger partial charge on any atom is 0.0331 e. The number of rotatable bonds is 2. The number of nitrogens with one attached hydrogen (secondary N) is 1. The summed E-state index contributed by atoms with van der Waals surface area (Å²) in [6, 6.07) is 9.92. The van der Waals surface area contributed by atoms with Crippen LogP contribution in [0.15, 0.2) is 28.7 Å². The number of nitrogens with zero attached hydrogens (tertiary/aromatic N) is 1. The Morgan fingerprint density at radius 1 is 1.32 bits per heavy atom. The molecule has 0 aromatic heterocycles. The molecule has 0 bridgehead atoms. The first-order chi connectivity index (χ1) is 8.75. The summed E-state index contributed by atoms with van der Waals surface area (Å²) < 4.78 is 1.24. The second-order valence-electron chi connectivity index (χ2n) is 5.59. The Morgan fingerprint density at radius 3 is 2.89 bits per heavy atom. The fraction of sp³-hybridized carbons (Fsp3) is 0.600. The molecule has 3 atom stereocenters. The van der Waals surface area contributed by atoms with Crippen LogP contribution in [0.3, 0.4) is 0 Å². The highest BCUT2D eigenvalue weighted by Crippen LogP contribution is 2.33. The maximum atomic E-state index is 3.68. The van der Waals surface area contributed by atoms with Gasteiger partial charge < -0.3 is 5.32 Å². The van der Waals surface area contributed by atoms with Gasteiger partial charge in [0.05, 0.1) is 0 Å². The summed E-state index contributed by atoms with van der Waals surface area (Å²) in [5, 5.41) is 3.63. The number of hydrogen-bond acceptors (Lipinski definition) is 2. The lowest BCUT2D eigenvalue weighted by atomic mass is 9.91. The van der Waals surface area contributed by atoms with Crippen molar-refractivity contribution < 1.29 is 0 Å². The topological polar surface area (TPSA) is 15.3 Å². The van der Waals surface area contributed by atoms with E-state index in [2.05, 4.69) is 57.3 Å². The van der Waals surface area contributed by atoms with Gasteiger partial charge in [-0.2, -0.15) is 0 Å². The summed E-state index contributed by atoms with van der Waals surface area (Å²) in [6.45, 7) is 6.02. The van der Waals surface area contributed by atoms with E-state index < -0.39 is 0 Å². The molecule has 4 heteroatoms. The summed E-state index contributed by atoms with van der Waals surface area (Å²) >= 11 is 3.68. The van der Waals surface area contributed by atoms with Gasteiger partial charge in [0.15, 0.2) is 0 Å². The minimum Gasteiger partial charge on any atom is -0.314 e. The van der Waals surface area contributed by atoms with Gasteiger partial charge in [-0.1, -0.05) is 34.1 Å². The van der Waals surface area contributed by atoms with E-state index in [1.54, 1.807) is 0 Å². The number of likely N-dealkylation sites (tertiary alicyclic amines) is 1. The fourth-order valence-corrected chi connectivity index (χ4v) is 4.05. The minimum atomic E-state index is 0. The summed E-state index contributed by atoms with van der Waals surface area (Å²) in [5.41, 5.74) is 1.42. The smallest absolute Gasteiger partial charge is 0.0331 e. The highest BCUT2D eigenvalue weighted by molar-refractivity contribution is 9.10. The molecular formula is C15H22BrClN2. The molecule has 0 aliphatic carbocycles. The molecule has 0 spiro atoms. The molecule has 2 saturated heterocycles. The van der Waals surface area contributed by atoms with E-state index in [0.29, 0.717) is 6.04 Å². The number of halogens is 2. The lowest BCUT2D eigenvalue weighted by Crippen LogP contribution is -2.45. The monoisotopic (exact) mass is 344 g/mol. The van der Waals surface area contributed by atoms with Gasteiger partial charge in [-0.15, -0.1) is 12.4 Å². The largest absolute Gasteiger partial charge is 0.314 e. The second-order valence-corrected chi connectivity index (χ2v) is 6.44. The van der Waals surface area contributed by atoms with Crippen LogP contribution in [0.4, 0.5) is 0 Å². The predicted octanol–water partition coefficient (Wildman–Crippen LogP) is 3.62. The van der Waals surface area contributed by atoms with Crippen LogP contribution in [-0.2, 0) is 0 Å². The van der Waals surface area contributed by atoms with E-state index in [-0.39, 0.29) is 12.4 Å². The normalized spacial score (nSPS) is 28.5. The quantitative estimate of drug-likeness (QED) is 0.881. The van der Waals surface area contributed by atoms with Gasteiger partial charge in [-0.25, -0.2) is 0 Å². The van der Waals surface area contributed by atoms with Crippen molar-refractivity contribution in [3.8, 4) is 0 Å². The number of piperidine rings is 1. The average Bonchev–Trinajstić information content (AvgIpc) is 2.85. The van der Waals surface area contributed by atoms with E-state index in [4.69, 9.17) is 0 Å². The van der Waals surface area contributed by atoms with Crippen LogP contribution in [0, 0.1) is 5.92 Å². The van der Waals surface area contributed by atoms with Crippen LogP contribution in [0.5, 0.6) is 0 Å². The molecule has 1 aromatic carbocycles. The van der Waals surface area contributed by atoms with Gasteiger partial charge in [-0.05, 0) is 43.9 Å². The molecule has 2 aliphatic rings. The van der Waals surface area contributed by atoms with Crippen molar-refractivity contribution in [2.75, 3.05) is 19.6 Å². The third-order valence-corrected chi connectivity index (χ3v) is 5.31. The van der Waals surface area contributed by atoms with Crippen LogP contribution in [0.25, 0.3) is 0 Å². The Balaban J connectivity index is 0.00000133. The Morgan fingerprint density at radius 2 is 2.11 bits per heavy atom. The van der Waals surface area contributed by atoms with E-state index in [1.165, 1.54) is 42.5 Å². The van der Waals surface area contributed by atoms with E-state index in [9.17, 15) is 0 Å². The van der Waals surface area contributed by atoms with Gasteiger partial charge in [0.1, 0.15) is 0 Å². The van der Waals surface area contributed by atoms with Crippen molar-refractivity contribution in [3.63, 3.8) is 0 Å². The van der Waals surface area contributed by atoms with Crippen LogP contribution < -0.4 is 5.32 Å². The first kappa shape index (κ1) is 15.3. The van der Waals surface area contributed by atoms with Crippen molar-refractivity contribution in [1.29, 1.82) is 0 Å². The van der Waals surface area contributed by atoms with Crippen molar-refractivity contribution in [2.45, 2.75) is 31.8 Å². The van der Waals surface area contributed by atoms with Gasteiger partial charge >= 0.3 is 0 Å². The Kier molecular flexibility index (Phi) is 5.29. The molecule has 0 saturated carbocycles. The van der Waals surface area contributed by atoms with E-state index >= 15 is 0 Å². The predicted molar refractivity (Wildman–Crippen MR) is 85.9 cm³/mol. The Labute approximate surface area is 130 Å². The Bertz CT molecular complexity index is 426. The van der Waals surface area contributed by atoms with Gasteiger partial charge in [0.25, 0.3) is 0 Å². The molecule has 0 amide bonds. The molecule has 1 aromatic rings. The summed E-state index contributed by atoms with van der Waals surface area (Å²) in [5.74, 6) is 0.865. The zero-order valence-corrected chi connectivity index (χ0v) is 13.7. The molecule has 19 heavy (non-hydrogen) atoms. The maximum absolute atomic E-state index is 3.68. The molecule has 2 nitrogen and oxygen atoms in total. The van der Waals surface area contributed by atoms with Gasteiger partial charge in [-0.3, -0.25) is 4.90 Å². The van der Waals surface area contributed by atoms with Crippen LogP contribution in [-0.4, -0.2) is 30.6 Å². The molecule has 2 aliphatic heterocycles. The zero-order valence-electron chi connectivity index (χ0n) is 11.3. The number of benzene rings is 1. The van der Waals surface area contributed by atoms with Crippen molar-refractivity contribution >= 4 is 28.3 Å². The lowest BCUT2D eigenvalue weighted by Gasteiger charge is -2.39. The lowest BCUT2D eigenvalue weighted by molar-refractivity contribution is 0.122. The molecule has 2 fully saturated rings. The Hall–Kier alpha value is -0.0900. The van der Waals surface area contributed by atoms with E-state index in [1.807, 2.05) is 0 Å². The molecule has 1 N–H and O–H groups in total. The van der Waals surface area contributed by atoms with E-state index in [0.717, 1.165) is 12.0 Å². The number of fused-ring (bicyclic) bond motifs is 1. The molecule has 106 valence electrons.